The predicted octanol–water partition coefficient (Wildman–Crippen LogP) is 4.18. The molecule has 0 bridgehead atoms. The highest BCUT2D eigenvalue weighted by Gasteiger charge is 2.16. The Morgan fingerprint density at radius 1 is 1.35 bits per heavy atom. The van der Waals surface area contributed by atoms with Crippen molar-refractivity contribution in [1.82, 2.24) is 10.3 Å². The molecule has 2 nitrogen and oxygen atoms in total. The van der Waals surface area contributed by atoms with Gasteiger partial charge in [-0.25, -0.2) is 4.39 Å². The number of hydrogen-bond donors (Lipinski definition) is 1. The molecule has 0 aliphatic heterocycles. The van der Waals surface area contributed by atoms with Crippen LogP contribution in [0.5, 0.6) is 0 Å². The van der Waals surface area contributed by atoms with Crippen molar-refractivity contribution < 1.29 is 4.39 Å². The third-order valence-electron chi connectivity index (χ3n) is 3.26. The number of likely N-dealkylation sites (N-methyl/N-ethyl adjacent to an activating group) is 1. The average molecular weight is 337 g/mol. The van der Waals surface area contributed by atoms with Crippen LogP contribution in [-0.4, -0.2) is 11.5 Å². The molecule has 2 aromatic rings. The molecule has 0 spiro atoms. The molecule has 0 fully saturated rings. The second kappa shape index (κ2) is 6.95. The molecular formula is C16H18BrFN2. The fourth-order valence-corrected chi connectivity index (χ4v) is 2.70. The van der Waals surface area contributed by atoms with E-state index in [2.05, 4.69) is 33.2 Å². The van der Waals surface area contributed by atoms with E-state index < -0.39 is 0 Å². The van der Waals surface area contributed by atoms with Crippen LogP contribution in [0.25, 0.3) is 0 Å². The zero-order valence-corrected chi connectivity index (χ0v) is 13.2. The number of nitrogens with one attached hydrogen (secondary N) is 1. The Morgan fingerprint density at radius 3 is 2.85 bits per heavy atom. The van der Waals surface area contributed by atoms with E-state index in [9.17, 15) is 4.39 Å². The van der Waals surface area contributed by atoms with Gasteiger partial charge in [-0.1, -0.05) is 28.9 Å². The Kier molecular flexibility index (Phi) is 5.26. The summed E-state index contributed by atoms with van der Waals surface area (Å²) in [4.78, 5) is 4.47. The van der Waals surface area contributed by atoms with Crippen LogP contribution in [-0.2, 0) is 6.42 Å². The van der Waals surface area contributed by atoms with Crippen molar-refractivity contribution in [3.05, 3.63) is 63.6 Å². The Labute approximate surface area is 127 Å². The fraction of sp³-hybridized carbons (Fsp3) is 0.312. The maximum Gasteiger partial charge on any atom is 0.123 e. The largest absolute Gasteiger partial charge is 0.309 e. The topological polar surface area (TPSA) is 24.9 Å². The number of pyridine rings is 1. The molecule has 0 aliphatic rings. The zero-order chi connectivity index (χ0) is 14.5. The van der Waals surface area contributed by atoms with Crippen molar-refractivity contribution in [2.45, 2.75) is 26.3 Å². The molecule has 1 heterocycles. The lowest BCUT2D eigenvalue weighted by atomic mass is 10.00. The van der Waals surface area contributed by atoms with Gasteiger partial charge in [0.2, 0.25) is 0 Å². The van der Waals surface area contributed by atoms with E-state index in [0.717, 1.165) is 27.8 Å². The molecule has 1 aromatic heterocycles. The number of hydrogen-bond acceptors (Lipinski definition) is 2. The van der Waals surface area contributed by atoms with Gasteiger partial charge in [0.15, 0.2) is 0 Å². The van der Waals surface area contributed by atoms with Crippen molar-refractivity contribution in [2.75, 3.05) is 6.54 Å². The molecule has 0 saturated carbocycles. The summed E-state index contributed by atoms with van der Waals surface area (Å²) in [5.74, 6) is -0.212. The molecule has 0 saturated heterocycles. The smallest absolute Gasteiger partial charge is 0.123 e. The van der Waals surface area contributed by atoms with Crippen LogP contribution in [0.2, 0.25) is 0 Å². The minimum absolute atomic E-state index is 0.0827. The molecule has 4 heteroatoms. The monoisotopic (exact) mass is 336 g/mol. The third kappa shape index (κ3) is 3.64. The lowest BCUT2D eigenvalue weighted by molar-refractivity contribution is 0.530. The second-order valence-corrected chi connectivity index (χ2v) is 5.61. The summed E-state index contributed by atoms with van der Waals surface area (Å²) in [7, 11) is 0. The molecule has 106 valence electrons. The normalized spacial score (nSPS) is 12.4. The van der Waals surface area contributed by atoms with E-state index in [1.165, 1.54) is 6.07 Å². The molecule has 0 amide bonds. The van der Waals surface area contributed by atoms with Gasteiger partial charge in [-0.15, -0.1) is 0 Å². The number of aromatic nitrogens is 1. The summed E-state index contributed by atoms with van der Waals surface area (Å²) in [5.41, 5.74) is 3.11. The first-order chi connectivity index (χ1) is 9.61. The first-order valence-electron chi connectivity index (χ1n) is 6.70. The maximum absolute atomic E-state index is 13.4. The fourth-order valence-electron chi connectivity index (χ4n) is 2.29. The van der Waals surface area contributed by atoms with Crippen LogP contribution in [0, 0.1) is 12.7 Å². The Hall–Kier alpha value is -1.26. The average Bonchev–Trinajstić information content (AvgIpc) is 2.43. The van der Waals surface area contributed by atoms with E-state index in [0.29, 0.717) is 6.42 Å². The van der Waals surface area contributed by atoms with Crippen molar-refractivity contribution in [2.24, 2.45) is 0 Å². The summed E-state index contributed by atoms with van der Waals surface area (Å²) in [6.45, 7) is 4.95. The molecule has 2 rings (SSSR count). The van der Waals surface area contributed by atoms with Gasteiger partial charge in [-0.05, 0) is 55.3 Å². The first kappa shape index (κ1) is 15.1. The highest BCUT2D eigenvalue weighted by Crippen LogP contribution is 2.25. The highest BCUT2D eigenvalue weighted by atomic mass is 79.9. The molecule has 20 heavy (non-hydrogen) atoms. The van der Waals surface area contributed by atoms with E-state index in [1.54, 1.807) is 18.3 Å². The predicted molar refractivity (Wildman–Crippen MR) is 83.2 cm³/mol. The summed E-state index contributed by atoms with van der Waals surface area (Å²) in [5, 5.41) is 3.43. The van der Waals surface area contributed by atoms with Gasteiger partial charge in [-0.2, -0.15) is 0 Å². The summed E-state index contributed by atoms with van der Waals surface area (Å²) >= 11 is 3.49. The second-order valence-electron chi connectivity index (χ2n) is 4.76. The summed E-state index contributed by atoms with van der Waals surface area (Å²) in [6, 6.07) is 8.85. The van der Waals surface area contributed by atoms with Crippen molar-refractivity contribution in [3.8, 4) is 0 Å². The van der Waals surface area contributed by atoms with E-state index in [4.69, 9.17) is 0 Å². The summed E-state index contributed by atoms with van der Waals surface area (Å²) in [6.07, 6.45) is 2.50. The van der Waals surface area contributed by atoms with Gasteiger partial charge in [0.05, 0.1) is 11.7 Å². The Morgan fingerprint density at radius 2 is 2.15 bits per heavy atom. The van der Waals surface area contributed by atoms with Gasteiger partial charge in [0.1, 0.15) is 5.82 Å². The molecule has 1 atom stereocenters. The zero-order valence-electron chi connectivity index (χ0n) is 11.7. The standard InChI is InChI=1S/C16H18BrFN2/c1-3-19-15(16-11(2)5-4-8-20-16)10-12-9-13(18)6-7-14(12)17/h4-9,15,19H,3,10H2,1-2H3. The number of halogens is 2. The number of aryl methyl sites for hydroxylation is 1. The van der Waals surface area contributed by atoms with Crippen LogP contribution in [0.15, 0.2) is 41.0 Å². The van der Waals surface area contributed by atoms with Crippen molar-refractivity contribution in [1.29, 1.82) is 0 Å². The number of rotatable bonds is 5. The van der Waals surface area contributed by atoms with Crippen molar-refractivity contribution in [3.63, 3.8) is 0 Å². The van der Waals surface area contributed by atoms with Crippen LogP contribution in [0.3, 0.4) is 0 Å². The SMILES string of the molecule is CCNC(Cc1cc(F)ccc1Br)c1ncccc1C. The molecule has 0 radical (unpaired) electrons. The van der Waals surface area contributed by atoms with E-state index in [1.807, 2.05) is 19.1 Å². The van der Waals surface area contributed by atoms with Gasteiger partial charge in [0, 0.05) is 10.7 Å². The summed E-state index contributed by atoms with van der Waals surface area (Å²) < 4.78 is 14.3. The minimum Gasteiger partial charge on any atom is -0.309 e. The Balaban J connectivity index is 2.30. The van der Waals surface area contributed by atoms with E-state index >= 15 is 0 Å². The van der Waals surface area contributed by atoms with Crippen LogP contribution in [0.4, 0.5) is 4.39 Å². The maximum atomic E-state index is 13.4. The van der Waals surface area contributed by atoms with Crippen LogP contribution >= 0.6 is 15.9 Å². The lowest BCUT2D eigenvalue weighted by Gasteiger charge is -2.20. The molecule has 1 N–H and O–H groups in total. The van der Waals surface area contributed by atoms with Gasteiger partial charge in [0.25, 0.3) is 0 Å². The first-order valence-corrected chi connectivity index (χ1v) is 7.50. The van der Waals surface area contributed by atoms with Gasteiger partial charge in [-0.3, -0.25) is 4.98 Å². The quantitative estimate of drug-likeness (QED) is 0.885. The van der Waals surface area contributed by atoms with Gasteiger partial charge >= 0.3 is 0 Å². The molecule has 1 unspecified atom stereocenters. The lowest BCUT2D eigenvalue weighted by Crippen LogP contribution is -2.25. The number of benzene rings is 1. The molecule has 0 aliphatic carbocycles. The van der Waals surface area contributed by atoms with Crippen molar-refractivity contribution >= 4 is 15.9 Å². The third-order valence-corrected chi connectivity index (χ3v) is 4.04. The number of nitrogens with zero attached hydrogens (tertiary/aromatic N) is 1. The Bertz CT molecular complexity index is 586. The van der Waals surface area contributed by atoms with Crippen LogP contribution < -0.4 is 5.32 Å². The highest BCUT2D eigenvalue weighted by molar-refractivity contribution is 9.10. The minimum atomic E-state index is -0.212. The van der Waals surface area contributed by atoms with Gasteiger partial charge < -0.3 is 5.32 Å². The molecular weight excluding hydrogens is 319 g/mol. The van der Waals surface area contributed by atoms with E-state index in [-0.39, 0.29) is 11.9 Å². The van der Waals surface area contributed by atoms with Crippen LogP contribution in [0.1, 0.15) is 29.8 Å². The molecule has 1 aromatic carbocycles.